The summed E-state index contributed by atoms with van der Waals surface area (Å²) >= 11 is 6.07. The molecule has 4 rings (SSSR count). The molecule has 1 amide bonds. The molecular formula is C24H25ClN4O2. The number of nitrogens with zero attached hydrogens (tertiary/aromatic N) is 1. The number of carbonyl (C=O) groups is 2. The minimum atomic E-state index is -1.19. The van der Waals surface area contributed by atoms with Gasteiger partial charge in [0.15, 0.2) is 5.78 Å². The normalized spacial score (nSPS) is 19.5. The van der Waals surface area contributed by atoms with E-state index in [0.29, 0.717) is 16.6 Å². The van der Waals surface area contributed by atoms with Gasteiger partial charge in [-0.25, -0.2) is 0 Å². The van der Waals surface area contributed by atoms with Gasteiger partial charge in [0.25, 0.3) is 0 Å². The second kappa shape index (κ2) is 9.45. The second-order valence-corrected chi connectivity index (χ2v) is 8.37. The zero-order valence-corrected chi connectivity index (χ0v) is 17.8. The summed E-state index contributed by atoms with van der Waals surface area (Å²) in [6.45, 7) is 0. The van der Waals surface area contributed by atoms with E-state index in [0.717, 1.165) is 42.3 Å². The van der Waals surface area contributed by atoms with Gasteiger partial charge in [-0.15, -0.1) is 0 Å². The molecule has 1 unspecified atom stereocenters. The van der Waals surface area contributed by atoms with E-state index < -0.39 is 11.9 Å². The molecule has 6 nitrogen and oxygen atoms in total. The summed E-state index contributed by atoms with van der Waals surface area (Å²) in [5.74, 6) is -0.777. The quantitative estimate of drug-likeness (QED) is 0.401. The number of fused-ring (bicyclic) bond motifs is 1. The van der Waals surface area contributed by atoms with Crippen LogP contribution in [0.3, 0.4) is 0 Å². The number of carbonyl (C=O) groups excluding carboxylic acids is 2. The molecule has 1 aromatic heterocycles. The Hall–Kier alpha value is -2.96. The van der Waals surface area contributed by atoms with E-state index in [-0.39, 0.29) is 11.8 Å². The predicted molar refractivity (Wildman–Crippen MR) is 123 cm³/mol. The van der Waals surface area contributed by atoms with Crippen LogP contribution in [-0.4, -0.2) is 34.8 Å². The van der Waals surface area contributed by atoms with Crippen LogP contribution in [0.15, 0.2) is 60.8 Å². The summed E-state index contributed by atoms with van der Waals surface area (Å²) in [5.41, 5.74) is 8.25. The number of pyridine rings is 1. The average molecular weight is 437 g/mol. The number of aromatic nitrogens is 1. The molecule has 0 spiro atoms. The summed E-state index contributed by atoms with van der Waals surface area (Å²) < 4.78 is 0. The van der Waals surface area contributed by atoms with E-state index >= 15 is 0 Å². The number of hydrogen-bond acceptors (Lipinski definition) is 5. The van der Waals surface area contributed by atoms with E-state index in [4.69, 9.17) is 17.3 Å². The van der Waals surface area contributed by atoms with Crippen molar-refractivity contribution in [1.29, 1.82) is 0 Å². The molecule has 3 aromatic rings. The Kier molecular flexibility index (Phi) is 6.49. The molecule has 0 bridgehead atoms. The Balaban J connectivity index is 1.31. The minimum absolute atomic E-state index is 0.0214. The monoisotopic (exact) mass is 436 g/mol. The van der Waals surface area contributed by atoms with E-state index in [1.807, 2.05) is 30.3 Å². The van der Waals surface area contributed by atoms with Crippen molar-refractivity contribution in [3.05, 3.63) is 71.4 Å². The number of rotatable bonds is 6. The Bertz CT molecular complexity index is 1080. The number of Topliss-reactive ketones (excluding diaryl/α,β-unsaturated/α-hetero) is 1. The Morgan fingerprint density at radius 3 is 2.45 bits per heavy atom. The molecule has 0 saturated heterocycles. The van der Waals surface area contributed by atoms with Crippen molar-refractivity contribution in [2.24, 2.45) is 5.73 Å². The van der Waals surface area contributed by atoms with Gasteiger partial charge in [0, 0.05) is 39.9 Å². The van der Waals surface area contributed by atoms with Crippen LogP contribution in [0.4, 0.5) is 5.69 Å². The molecule has 1 atom stereocenters. The predicted octanol–water partition coefficient (Wildman–Crippen LogP) is 3.94. The van der Waals surface area contributed by atoms with Gasteiger partial charge in [0.1, 0.15) is 6.04 Å². The topological polar surface area (TPSA) is 97.1 Å². The fraction of sp³-hybridized carbons (Fsp3) is 0.292. The number of ketones is 1. The lowest BCUT2D eigenvalue weighted by atomic mass is 9.90. The first-order valence-electron chi connectivity index (χ1n) is 10.5. The van der Waals surface area contributed by atoms with Gasteiger partial charge < -0.3 is 16.4 Å². The average Bonchev–Trinajstić information content (AvgIpc) is 2.80. The van der Waals surface area contributed by atoms with Crippen LogP contribution in [0.25, 0.3) is 10.9 Å². The van der Waals surface area contributed by atoms with Crippen LogP contribution in [0.2, 0.25) is 5.02 Å². The first kappa shape index (κ1) is 21.3. The SMILES string of the molecule is NC(C(=O)NC1CCC(Nc2ccnc3cc(Cl)ccc23)CC1)C(=O)c1ccccc1. The third-order valence-corrected chi connectivity index (χ3v) is 6.00. The summed E-state index contributed by atoms with van der Waals surface area (Å²) in [6.07, 6.45) is 5.24. The highest BCUT2D eigenvalue weighted by molar-refractivity contribution is 6.31. The smallest absolute Gasteiger partial charge is 0.245 e. The van der Waals surface area contributed by atoms with E-state index in [1.165, 1.54) is 0 Å². The molecule has 2 aromatic carbocycles. The molecular weight excluding hydrogens is 412 g/mol. The maximum absolute atomic E-state index is 12.5. The first-order chi connectivity index (χ1) is 15.0. The summed E-state index contributed by atoms with van der Waals surface area (Å²) in [7, 11) is 0. The van der Waals surface area contributed by atoms with Gasteiger partial charge in [-0.2, -0.15) is 0 Å². The highest BCUT2D eigenvalue weighted by Crippen LogP contribution is 2.28. The van der Waals surface area contributed by atoms with Crippen LogP contribution in [0.5, 0.6) is 0 Å². The molecule has 0 aliphatic heterocycles. The van der Waals surface area contributed by atoms with E-state index in [2.05, 4.69) is 15.6 Å². The molecule has 160 valence electrons. The molecule has 31 heavy (non-hydrogen) atoms. The molecule has 1 aliphatic carbocycles. The maximum atomic E-state index is 12.5. The third kappa shape index (κ3) is 5.03. The highest BCUT2D eigenvalue weighted by Gasteiger charge is 2.28. The highest BCUT2D eigenvalue weighted by atomic mass is 35.5. The number of halogens is 1. The number of amides is 1. The molecule has 1 heterocycles. The molecule has 1 saturated carbocycles. The minimum Gasteiger partial charge on any atom is -0.382 e. The van der Waals surface area contributed by atoms with Gasteiger partial charge in [0.2, 0.25) is 5.91 Å². The van der Waals surface area contributed by atoms with Crippen LogP contribution in [0.1, 0.15) is 36.0 Å². The van der Waals surface area contributed by atoms with Crippen LogP contribution in [-0.2, 0) is 4.79 Å². The third-order valence-electron chi connectivity index (χ3n) is 5.76. The summed E-state index contributed by atoms with van der Waals surface area (Å²) in [5, 5.41) is 8.26. The maximum Gasteiger partial charge on any atom is 0.245 e. The lowest BCUT2D eigenvalue weighted by Gasteiger charge is -2.31. The molecule has 1 fully saturated rings. The van der Waals surface area contributed by atoms with Crippen LogP contribution < -0.4 is 16.4 Å². The standard InChI is InChI=1S/C24H25ClN4O2/c25-16-6-11-19-20(12-13-27-21(19)14-16)28-17-7-9-18(10-8-17)29-24(31)22(26)23(30)15-4-2-1-3-5-15/h1-6,11-14,17-18,22H,7-10,26H2,(H,27,28)(H,29,31). The Morgan fingerprint density at radius 1 is 1.00 bits per heavy atom. The lowest BCUT2D eigenvalue weighted by Crippen LogP contribution is -2.50. The fourth-order valence-electron chi connectivity index (χ4n) is 4.04. The number of anilines is 1. The Labute approximate surface area is 186 Å². The van der Waals surface area contributed by atoms with E-state index in [9.17, 15) is 9.59 Å². The second-order valence-electron chi connectivity index (χ2n) is 7.93. The molecule has 0 radical (unpaired) electrons. The Morgan fingerprint density at radius 2 is 1.71 bits per heavy atom. The molecule has 4 N–H and O–H groups in total. The van der Waals surface area contributed by atoms with Crippen LogP contribution >= 0.6 is 11.6 Å². The zero-order valence-electron chi connectivity index (χ0n) is 17.1. The number of nitrogens with one attached hydrogen (secondary N) is 2. The number of nitrogens with two attached hydrogens (primary N) is 1. The van der Waals surface area contributed by atoms with Gasteiger partial charge in [-0.3, -0.25) is 14.6 Å². The zero-order chi connectivity index (χ0) is 21.8. The van der Waals surface area contributed by atoms with Gasteiger partial charge in [-0.05, 0) is 49.9 Å². The summed E-state index contributed by atoms with van der Waals surface area (Å²) in [4.78, 5) is 29.3. The van der Waals surface area contributed by atoms with Crippen molar-refractivity contribution in [2.75, 3.05) is 5.32 Å². The van der Waals surface area contributed by atoms with Crippen molar-refractivity contribution >= 4 is 39.9 Å². The van der Waals surface area contributed by atoms with Gasteiger partial charge in [-0.1, -0.05) is 41.9 Å². The number of benzene rings is 2. The first-order valence-corrected chi connectivity index (χ1v) is 10.8. The van der Waals surface area contributed by atoms with Crippen molar-refractivity contribution in [3.8, 4) is 0 Å². The summed E-state index contributed by atoms with van der Waals surface area (Å²) in [6, 6.07) is 15.5. The van der Waals surface area contributed by atoms with Crippen molar-refractivity contribution < 1.29 is 9.59 Å². The van der Waals surface area contributed by atoms with Crippen LogP contribution in [0, 0.1) is 0 Å². The fourth-order valence-corrected chi connectivity index (χ4v) is 4.21. The molecule has 1 aliphatic rings. The van der Waals surface area contributed by atoms with Gasteiger partial charge in [0.05, 0.1) is 5.52 Å². The van der Waals surface area contributed by atoms with Crippen molar-refractivity contribution in [2.45, 2.75) is 43.8 Å². The molecule has 7 heteroatoms. The van der Waals surface area contributed by atoms with Crippen molar-refractivity contribution in [3.63, 3.8) is 0 Å². The van der Waals surface area contributed by atoms with E-state index in [1.54, 1.807) is 30.5 Å². The number of hydrogen-bond donors (Lipinski definition) is 3. The largest absolute Gasteiger partial charge is 0.382 e. The van der Waals surface area contributed by atoms with Crippen molar-refractivity contribution in [1.82, 2.24) is 10.3 Å². The van der Waals surface area contributed by atoms with Gasteiger partial charge >= 0.3 is 0 Å². The lowest BCUT2D eigenvalue weighted by molar-refractivity contribution is -0.122.